The lowest BCUT2D eigenvalue weighted by Crippen LogP contribution is -2.36. The van der Waals surface area contributed by atoms with Crippen LogP contribution < -0.4 is 4.74 Å². The monoisotopic (exact) mass is 385 g/mol. The summed E-state index contributed by atoms with van der Waals surface area (Å²) >= 11 is 0. The Hall–Kier alpha value is -2.62. The van der Waals surface area contributed by atoms with Crippen molar-refractivity contribution < 1.29 is 9.84 Å². The molecule has 3 heteroatoms. The maximum Gasteiger partial charge on any atom is 0.120 e. The van der Waals surface area contributed by atoms with Gasteiger partial charge in [0.05, 0.1) is 7.11 Å². The van der Waals surface area contributed by atoms with Crippen molar-refractivity contribution in [3.8, 4) is 16.9 Å². The van der Waals surface area contributed by atoms with Gasteiger partial charge in [0.1, 0.15) is 11.4 Å². The van der Waals surface area contributed by atoms with Crippen LogP contribution in [0.3, 0.4) is 0 Å². The fraction of sp³-hybridized carbons (Fsp3) is 0.308. The predicted octanol–water partition coefficient (Wildman–Crippen LogP) is 4.48. The van der Waals surface area contributed by atoms with E-state index < -0.39 is 5.60 Å². The fourth-order valence-electron chi connectivity index (χ4n) is 5.14. The van der Waals surface area contributed by atoms with Gasteiger partial charge in [0.25, 0.3) is 0 Å². The van der Waals surface area contributed by atoms with E-state index in [9.17, 15) is 5.11 Å². The standard InChI is InChI=1S/C26H27NO2/c1-29-21-12-10-19(11-13-21)14-16-27-17-15-20(18-27)26(28)24-8-4-2-6-22(24)23-7-3-5-9-25(23)26/h2-13,20,28H,14-18H2,1H3. The van der Waals surface area contributed by atoms with E-state index in [0.29, 0.717) is 0 Å². The molecule has 2 aliphatic rings. The first-order valence-corrected chi connectivity index (χ1v) is 10.5. The molecule has 5 rings (SSSR count). The first-order chi connectivity index (χ1) is 14.2. The molecule has 0 bridgehead atoms. The van der Waals surface area contributed by atoms with E-state index in [1.807, 2.05) is 24.3 Å². The van der Waals surface area contributed by atoms with Crippen LogP contribution in [0.15, 0.2) is 72.8 Å². The van der Waals surface area contributed by atoms with Crippen LogP contribution in [0.25, 0.3) is 11.1 Å². The zero-order valence-electron chi connectivity index (χ0n) is 16.8. The number of nitrogens with zero attached hydrogens (tertiary/aromatic N) is 1. The summed E-state index contributed by atoms with van der Waals surface area (Å²) in [5, 5.41) is 12.0. The Bertz CT molecular complexity index is 966. The Morgan fingerprint density at radius 2 is 1.55 bits per heavy atom. The zero-order valence-corrected chi connectivity index (χ0v) is 16.8. The van der Waals surface area contributed by atoms with Crippen molar-refractivity contribution in [3.05, 3.63) is 89.5 Å². The predicted molar refractivity (Wildman–Crippen MR) is 116 cm³/mol. The molecule has 1 unspecified atom stereocenters. The number of rotatable bonds is 5. The Morgan fingerprint density at radius 3 is 2.17 bits per heavy atom. The molecule has 0 amide bonds. The van der Waals surface area contributed by atoms with Crippen LogP contribution in [-0.4, -0.2) is 36.8 Å². The van der Waals surface area contributed by atoms with Crippen LogP contribution in [0.4, 0.5) is 0 Å². The summed E-state index contributed by atoms with van der Waals surface area (Å²) in [5.74, 6) is 1.11. The quantitative estimate of drug-likeness (QED) is 0.703. The Morgan fingerprint density at radius 1 is 0.931 bits per heavy atom. The minimum absolute atomic E-state index is 0.211. The van der Waals surface area contributed by atoms with E-state index in [-0.39, 0.29) is 5.92 Å². The molecule has 1 heterocycles. The van der Waals surface area contributed by atoms with Gasteiger partial charge in [-0.3, -0.25) is 0 Å². The highest BCUT2D eigenvalue weighted by atomic mass is 16.5. The van der Waals surface area contributed by atoms with E-state index in [0.717, 1.165) is 49.4 Å². The van der Waals surface area contributed by atoms with Gasteiger partial charge in [0.2, 0.25) is 0 Å². The van der Waals surface area contributed by atoms with Gasteiger partial charge < -0.3 is 14.7 Å². The molecule has 0 radical (unpaired) electrons. The second-order valence-corrected chi connectivity index (χ2v) is 8.24. The molecule has 3 aromatic carbocycles. The van der Waals surface area contributed by atoms with Gasteiger partial charge in [-0.2, -0.15) is 0 Å². The molecule has 0 aromatic heterocycles. The second-order valence-electron chi connectivity index (χ2n) is 8.24. The molecule has 1 aliphatic heterocycles. The highest BCUT2D eigenvalue weighted by Gasteiger charge is 2.49. The second kappa shape index (κ2) is 7.33. The van der Waals surface area contributed by atoms with Gasteiger partial charge in [0, 0.05) is 19.0 Å². The highest BCUT2D eigenvalue weighted by molar-refractivity contribution is 5.80. The summed E-state index contributed by atoms with van der Waals surface area (Å²) in [6.07, 6.45) is 2.03. The molecule has 1 aliphatic carbocycles. The molecule has 3 aromatic rings. The zero-order chi connectivity index (χ0) is 19.8. The van der Waals surface area contributed by atoms with Crippen LogP contribution in [-0.2, 0) is 12.0 Å². The molecule has 1 saturated heterocycles. The van der Waals surface area contributed by atoms with E-state index in [2.05, 4.69) is 53.4 Å². The maximum atomic E-state index is 12.0. The molecule has 3 nitrogen and oxygen atoms in total. The van der Waals surface area contributed by atoms with Crippen molar-refractivity contribution in [2.75, 3.05) is 26.7 Å². The molecule has 1 atom stereocenters. The SMILES string of the molecule is COc1ccc(CCN2CCC(C3(O)c4ccccc4-c4ccccc43)C2)cc1. The molecule has 0 spiro atoms. The first-order valence-electron chi connectivity index (χ1n) is 10.5. The molecule has 1 N–H and O–H groups in total. The number of ether oxygens (including phenoxy) is 1. The van der Waals surface area contributed by atoms with Crippen molar-refractivity contribution in [2.45, 2.75) is 18.4 Å². The lowest BCUT2D eigenvalue weighted by molar-refractivity contribution is 0.0243. The third-order valence-electron chi connectivity index (χ3n) is 6.70. The molecule has 29 heavy (non-hydrogen) atoms. The van der Waals surface area contributed by atoms with Crippen LogP contribution in [0.5, 0.6) is 5.75 Å². The third kappa shape index (κ3) is 3.06. The number of likely N-dealkylation sites (tertiary alicyclic amines) is 1. The lowest BCUT2D eigenvalue weighted by atomic mass is 9.79. The van der Waals surface area contributed by atoms with Crippen molar-refractivity contribution in [1.82, 2.24) is 4.90 Å². The van der Waals surface area contributed by atoms with Gasteiger partial charge in [-0.05, 0) is 59.3 Å². The molecular weight excluding hydrogens is 358 g/mol. The van der Waals surface area contributed by atoms with Gasteiger partial charge in [-0.25, -0.2) is 0 Å². The van der Waals surface area contributed by atoms with Crippen LogP contribution >= 0.6 is 0 Å². The number of hydrogen-bond donors (Lipinski definition) is 1. The number of fused-ring (bicyclic) bond motifs is 3. The highest BCUT2D eigenvalue weighted by Crippen LogP contribution is 2.52. The van der Waals surface area contributed by atoms with Crippen LogP contribution in [0, 0.1) is 5.92 Å². The van der Waals surface area contributed by atoms with Crippen LogP contribution in [0.1, 0.15) is 23.1 Å². The van der Waals surface area contributed by atoms with Gasteiger partial charge in [0.15, 0.2) is 0 Å². The van der Waals surface area contributed by atoms with E-state index >= 15 is 0 Å². The maximum absolute atomic E-state index is 12.0. The van der Waals surface area contributed by atoms with E-state index in [4.69, 9.17) is 4.74 Å². The summed E-state index contributed by atoms with van der Waals surface area (Å²) in [6, 6.07) is 25.1. The fourth-order valence-corrected chi connectivity index (χ4v) is 5.14. The minimum atomic E-state index is -0.887. The summed E-state index contributed by atoms with van der Waals surface area (Å²) in [6.45, 7) is 2.98. The Labute approximate surface area is 172 Å². The van der Waals surface area contributed by atoms with Crippen LogP contribution in [0.2, 0.25) is 0 Å². The average molecular weight is 386 g/mol. The Kier molecular flexibility index (Phi) is 4.65. The summed E-state index contributed by atoms with van der Waals surface area (Å²) < 4.78 is 5.25. The Balaban J connectivity index is 1.34. The van der Waals surface area contributed by atoms with Gasteiger partial charge in [-0.1, -0.05) is 60.7 Å². The summed E-state index contributed by atoms with van der Waals surface area (Å²) in [5.41, 5.74) is 4.95. The van der Waals surface area contributed by atoms with E-state index in [1.165, 1.54) is 16.7 Å². The molecular formula is C26H27NO2. The molecule has 0 saturated carbocycles. The van der Waals surface area contributed by atoms with Crippen molar-refractivity contribution in [3.63, 3.8) is 0 Å². The third-order valence-corrected chi connectivity index (χ3v) is 6.70. The molecule has 148 valence electrons. The minimum Gasteiger partial charge on any atom is -0.497 e. The smallest absolute Gasteiger partial charge is 0.120 e. The van der Waals surface area contributed by atoms with E-state index in [1.54, 1.807) is 7.11 Å². The van der Waals surface area contributed by atoms with Gasteiger partial charge >= 0.3 is 0 Å². The number of methoxy groups -OCH3 is 1. The largest absolute Gasteiger partial charge is 0.497 e. The normalized spacial score (nSPS) is 19.7. The summed E-state index contributed by atoms with van der Waals surface area (Å²) in [4.78, 5) is 2.50. The van der Waals surface area contributed by atoms with Crippen molar-refractivity contribution in [1.29, 1.82) is 0 Å². The summed E-state index contributed by atoms with van der Waals surface area (Å²) in [7, 11) is 1.70. The average Bonchev–Trinajstić information content (AvgIpc) is 3.36. The first kappa shape index (κ1) is 18.4. The topological polar surface area (TPSA) is 32.7 Å². The number of benzene rings is 3. The lowest BCUT2D eigenvalue weighted by Gasteiger charge is -2.32. The number of hydrogen-bond acceptors (Lipinski definition) is 3. The number of aliphatic hydroxyl groups is 1. The van der Waals surface area contributed by atoms with Gasteiger partial charge in [-0.15, -0.1) is 0 Å². The van der Waals surface area contributed by atoms with Crippen molar-refractivity contribution >= 4 is 0 Å². The molecule has 1 fully saturated rings. The van der Waals surface area contributed by atoms with Crippen molar-refractivity contribution in [2.24, 2.45) is 5.92 Å².